The van der Waals surface area contributed by atoms with Gasteiger partial charge in [-0.25, -0.2) is 4.68 Å². The number of esters is 1. The van der Waals surface area contributed by atoms with Gasteiger partial charge in [-0.3, -0.25) is 14.3 Å². The lowest BCUT2D eigenvalue weighted by molar-refractivity contribution is -0.150. The van der Waals surface area contributed by atoms with Crippen molar-refractivity contribution < 1.29 is 14.3 Å². The summed E-state index contributed by atoms with van der Waals surface area (Å²) in [5, 5.41) is 6.92. The van der Waals surface area contributed by atoms with Crippen molar-refractivity contribution in [3.8, 4) is 10.7 Å². The van der Waals surface area contributed by atoms with Gasteiger partial charge in [-0.2, -0.15) is 0 Å². The van der Waals surface area contributed by atoms with Crippen LogP contribution in [0.1, 0.15) is 32.6 Å². The Balaban J connectivity index is 1.54. The number of rotatable bonds is 7. The molecule has 9 heteroatoms. The van der Waals surface area contributed by atoms with Crippen LogP contribution in [-0.2, 0) is 27.5 Å². The molecule has 0 saturated carbocycles. The van der Waals surface area contributed by atoms with Gasteiger partial charge < -0.3 is 9.47 Å². The smallest absolute Gasteiger partial charge is 0.310 e. The molecule has 0 N–H and O–H groups in total. The molecule has 29 heavy (non-hydrogen) atoms. The maximum atomic E-state index is 12.2. The average molecular weight is 437 g/mol. The molecule has 2 aliphatic heterocycles. The van der Waals surface area contributed by atoms with E-state index in [-0.39, 0.29) is 18.0 Å². The zero-order valence-electron chi connectivity index (χ0n) is 16.8. The molecule has 7 nitrogen and oxygen atoms in total. The maximum Gasteiger partial charge on any atom is 0.310 e. The summed E-state index contributed by atoms with van der Waals surface area (Å²) in [6.45, 7) is 6.05. The SMILES string of the molecule is CCOC(=O)C1CCCN(Cn2nc(-c3cccs3)n(CC3CCCO3)c2=S)C1. The molecule has 0 aliphatic carbocycles. The van der Waals surface area contributed by atoms with E-state index in [1.54, 1.807) is 11.3 Å². The summed E-state index contributed by atoms with van der Waals surface area (Å²) >= 11 is 7.47. The van der Waals surface area contributed by atoms with Crippen LogP contribution < -0.4 is 0 Å². The lowest BCUT2D eigenvalue weighted by Crippen LogP contribution is -2.40. The van der Waals surface area contributed by atoms with Crippen molar-refractivity contribution in [1.29, 1.82) is 0 Å². The van der Waals surface area contributed by atoms with Crippen molar-refractivity contribution in [1.82, 2.24) is 19.2 Å². The van der Waals surface area contributed by atoms with Crippen molar-refractivity contribution >= 4 is 29.5 Å². The molecule has 4 rings (SSSR count). The summed E-state index contributed by atoms with van der Waals surface area (Å²) in [7, 11) is 0. The second kappa shape index (κ2) is 9.51. The van der Waals surface area contributed by atoms with Gasteiger partial charge in [-0.1, -0.05) is 6.07 Å². The number of piperidine rings is 1. The minimum absolute atomic E-state index is 0.0661. The molecule has 0 bridgehead atoms. The first-order chi connectivity index (χ1) is 14.2. The second-order valence-corrected chi connectivity index (χ2v) is 8.95. The minimum atomic E-state index is -0.0935. The normalized spacial score (nSPS) is 22.8. The van der Waals surface area contributed by atoms with E-state index in [9.17, 15) is 4.79 Å². The highest BCUT2D eigenvalue weighted by Crippen LogP contribution is 2.26. The maximum absolute atomic E-state index is 12.2. The van der Waals surface area contributed by atoms with Gasteiger partial charge in [0.1, 0.15) is 0 Å². The van der Waals surface area contributed by atoms with E-state index in [2.05, 4.69) is 20.9 Å². The van der Waals surface area contributed by atoms with Gasteiger partial charge in [0, 0.05) is 13.2 Å². The number of carbonyl (C=O) groups is 1. The second-order valence-electron chi connectivity index (χ2n) is 7.64. The molecule has 0 aromatic carbocycles. The lowest BCUT2D eigenvalue weighted by Gasteiger charge is -2.31. The quantitative estimate of drug-likeness (QED) is 0.489. The molecule has 2 saturated heterocycles. The van der Waals surface area contributed by atoms with Crippen molar-refractivity contribution in [2.75, 3.05) is 26.3 Å². The number of likely N-dealkylation sites (tertiary alicyclic amines) is 1. The highest BCUT2D eigenvalue weighted by Gasteiger charge is 2.28. The molecule has 158 valence electrons. The van der Waals surface area contributed by atoms with Crippen LogP contribution in [0.2, 0.25) is 0 Å². The number of thiophene rings is 1. The van der Waals surface area contributed by atoms with Crippen LogP contribution in [0.3, 0.4) is 0 Å². The third-order valence-electron chi connectivity index (χ3n) is 5.53. The standard InChI is InChI=1S/C20H28N4O3S2/c1-2-26-19(25)15-6-3-9-22(12-15)14-24-20(28)23(13-16-7-4-10-27-16)18(21-24)17-8-5-11-29-17/h5,8,11,15-16H,2-4,6-7,9-10,12-14H2,1H3. The monoisotopic (exact) mass is 436 g/mol. The highest BCUT2D eigenvalue weighted by molar-refractivity contribution is 7.71. The van der Waals surface area contributed by atoms with Crippen LogP contribution in [0.4, 0.5) is 0 Å². The Morgan fingerprint density at radius 1 is 1.41 bits per heavy atom. The van der Waals surface area contributed by atoms with Gasteiger partial charge >= 0.3 is 5.97 Å². The van der Waals surface area contributed by atoms with E-state index in [1.165, 1.54) is 0 Å². The minimum Gasteiger partial charge on any atom is -0.466 e. The zero-order chi connectivity index (χ0) is 20.2. The fourth-order valence-corrected chi connectivity index (χ4v) is 5.08. The third-order valence-corrected chi connectivity index (χ3v) is 6.83. The number of hydrogen-bond donors (Lipinski definition) is 0. The number of hydrogen-bond acceptors (Lipinski definition) is 7. The molecule has 2 aliphatic rings. The van der Waals surface area contributed by atoms with Crippen LogP contribution >= 0.6 is 23.6 Å². The van der Waals surface area contributed by atoms with Crippen molar-refractivity contribution in [3.63, 3.8) is 0 Å². The summed E-state index contributed by atoms with van der Waals surface area (Å²) < 4.78 is 15.8. The summed E-state index contributed by atoms with van der Waals surface area (Å²) in [5.41, 5.74) is 0. The molecule has 2 fully saturated rings. The summed E-state index contributed by atoms with van der Waals surface area (Å²) in [6, 6.07) is 4.11. The predicted octanol–water partition coefficient (Wildman–Crippen LogP) is 3.55. The van der Waals surface area contributed by atoms with Gasteiger partial charge in [-0.15, -0.1) is 16.4 Å². The number of carbonyl (C=O) groups excluding carboxylic acids is 1. The molecule has 4 heterocycles. The van der Waals surface area contributed by atoms with Crippen LogP contribution in [0.5, 0.6) is 0 Å². The van der Waals surface area contributed by atoms with Crippen molar-refractivity contribution in [2.24, 2.45) is 5.92 Å². The Morgan fingerprint density at radius 2 is 2.31 bits per heavy atom. The zero-order valence-corrected chi connectivity index (χ0v) is 18.4. The summed E-state index contributed by atoms with van der Waals surface area (Å²) in [4.78, 5) is 15.5. The van der Waals surface area contributed by atoms with Crippen molar-refractivity contribution in [2.45, 2.75) is 51.9 Å². The Bertz CT molecular complexity index is 871. The Kier molecular flexibility index (Phi) is 6.79. The fraction of sp³-hybridized carbons (Fsp3) is 0.650. The lowest BCUT2D eigenvalue weighted by atomic mass is 9.99. The van der Waals surface area contributed by atoms with Gasteiger partial charge in [0.2, 0.25) is 0 Å². The number of aromatic nitrogens is 3. The molecule has 0 radical (unpaired) electrons. The topological polar surface area (TPSA) is 61.5 Å². The van der Waals surface area contributed by atoms with Gasteiger partial charge in [0.15, 0.2) is 10.6 Å². The van der Waals surface area contributed by atoms with Crippen LogP contribution in [0.25, 0.3) is 10.7 Å². The molecule has 2 atom stereocenters. The molecule has 2 aromatic heterocycles. The highest BCUT2D eigenvalue weighted by atomic mass is 32.1. The molecule has 2 aromatic rings. The Hall–Kier alpha value is -1.55. The first-order valence-corrected chi connectivity index (χ1v) is 11.7. The van der Waals surface area contributed by atoms with E-state index in [0.29, 0.717) is 24.6 Å². The Labute approximate surface area is 180 Å². The first kappa shape index (κ1) is 20.7. The first-order valence-electron chi connectivity index (χ1n) is 10.4. The van der Waals surface area contributed by atoms with E-state index < -0.39 is 0 Å². The third kappa shape index (κ3) is 4.79. The molecule has 0 spiro atoms. The predicted molar refractivity (Wildman–Crippen MR) is 114 cm³/mol. The Morgan fingerprint density at radius 3 is 3.03 bits per heavy atom. The van der Waals surface area contributed by atoms with Gasteiger partial charge in [-0.05, 0) is 62.8 Å². The van der Waals surface area contributed by atoms with E-state index in [4.69, 9.17) is 26.8 Å². The van der Waals surface area contributed by atoms with E-state index >= 15 is 0 Å². The molecular formula is C20H28N4O3S2. The van der Waals surface area contributed by atoms with Gasteiger partial charge in [0.05, 0.1) is 36.7 Å². The molecular weight excluding hydrogens is 408 g/mol. The van der Waals surface area contributed by atoms with E-state index in [0.717, 1.165) is 56.1 Å². The largest absolute Gasteiger partial charge is 0.466 e. The summed E-state index contributed by atoms with van der Waals surface area (Å²) in [5.74, 6) is 0.743. The average Bonchev–Trinajstić information content (AvgIpc) is 3.47. The van der Waals surface area contributed by atoms with Crippen molar-refractivity contribution in [3.05, 3.63) is 22.3 Å². The number of nitrogens with zero attached hydrogens (tertiary/aromatic N) is 4. The molecule has 0 amide bonds. The summed E-state index contributed by atoms with van der Waals surface area (Å²) in [6.07, 6.45) is 4.22. The van der Waals surface area contributed by atoms with Gasteiger partial charge in [0.25, 0.3) is 0 Å². The molecule has 2 unspecified atom stereocenters. The van der Waals surface area contributed by atoms with Crippen LogP contribution in [-0.4, -0.2) is 57.6 Å². The van der Waals surface area contributed by atoms with Crippen LogP contribution in [0, 0.1) is 10.7 Å². The van der Waals surface area contributed by atoms with E-state index in [1.807, 2.05) is 17.7 Å². The van der Waals surface area contributed by atoms with Crippen LogP contribution in [0.15, 0.2) is 17.5 Å². The number of ether oxygens (including phenoxy) is 2. The fourth-order valence-electron chi connectivity index (χ4n) is 4.10.